The van der Waals surface area contributed by atoms with E-state index in [2.05, 4.69) is 18.0 Å². The van der Waals surface area contributed by atoms with E-state index in [9.17, 15) is 0 Å². The van der Waals surface area contributed by atoms with Gasteiger partial charge in [0.15, 0.2) is 0 Å². The van der Waals surface area contributed by atoms with Gasteiger partial charge in [-0.25, -0.2) is 4.98 Å². The van der Waals surface area contributed by atoms with Crippen LogP contribution in [-0.2, 0) is 12.2 Å². The summed E-state index contributed by atoms with van der Waals surface area (Å²) in [6.45, 7) is 2.13. The van der Waals surface area contributed by atoms with Crippen molar-refractivity contribution in [1.29, 1.82) is 0 Å². The second-order valence-corrected chi connectivity index (χ2v) is 4.23. The van der Waals surface area contributed by atoms with Gasteiger partial charge in [0, 0.05) is 6.20 Å². The molecule has 0 saturated heterocycles. The van der Waals surface area contributed by atoms with E-state index in [0.717, 1.165) is 23.0 Å². The molecule has 0 aliphatic heterocycles. The van der Waals surface area contributed by atoms with Gasteiger partial charge in [-0.3, -0.25) is 0 Å². The highest BCUT2D eigenvalue weighted by Crippen LogP contribution is 2.21. The predicted octanol–water partition coefficient (Wildman–Crippen LogP) is 3.53. The second-order valence-electron chi connectivity index (χ2n) is 3.23. The smallest absolute Gasteiger partial charge is 0.114 e. The molecule has 2 aromatic rings. The number of aromatic nitrogens is 1. The lowest BCUT2D eigenvalue weighted by Crippen LogP contribution is -1.79. The topological polar surface area (TPSA) is 26.0 Å². The molecule has 0 radical (unpaired) electrons. The van der Waals surface area contributed by atoms with Crippen molar-refractivity contribution < 1.29 is 4.42 Å². The molecule has 3 heteroatoms. The third-order valence-corrected chi connectivity index (χ3v) is 3.08. The molecule has 78 valence electrons. The Labute approximate surface area is 93.7 Å². The van der Waals surface area contributed by atoms with Gasteiger partial charge in [0.1, 0.15) is 5.76 Å². The molecule has 0 saturated carbocycles. The van der Waals surface area contributed by atoms with E-state index in [-0.39, 0.29) is 0 Å². The molecular formula is C12H13NOS. The Hall–Kier alpha value is -1.22. The van der Waals surface area contributed by atoms with Gasteiger partial charge in [-0.2, -0.15) is 0 Å². The van der Waals surface area contributed by atoms with Crippen molar-refractivity contribution in [3.8, 4) is 0 Å². The fraction of sp³-hybridized carbons (Fsp3) is 0.250. The van der Waals surface area contributed by atoms with Crippen LogP contribution in [-0.4, -0.2) is 4.98 Å². The summed E-state index contributed by atoms with van der Waals surface area (Å²) in [4.78, 5) is 4.24. The third kappa shape index (κ3) is 2.86. The fourth-order valence-electron chi connectivity index (χ4n) is 1.26. The number of hydrogen-bond donors (Lipinski definition) is 0. The number of pyridine rings is 1. The number of nitrogens with zero attached hydrogens (tertiary/aromatic N) is 1. The minimum absolute atomic E-state index is 0.844. The van der Waals surface area contributed by atoms with Gasteiger partial charge in [0.25, 0.3) is 0 Å². The zero-order chi connectivity index (χ0) is 10.5. The average molecular weight is 219 g/mol. The van der Waals surface area contributed by atoms with E-state index in [4.69, 9.17) is 4.42 Å². The van der Waals surface area contributed by atoms with Crippen LogP contribution in [0.2, 0.25) is 0 Å². The normalized spacial score (nSPS) is 10.5. The van der Waals surface area contributed by atoms with Crippen LogP contribution in [0, 0.1) is 0 Å². The largest absolute Gasteiger partial charge is 0.468 e. The van der Waals surface area contributed by atoms with Crippen molar-refractivity contribution in [3.05, 3.63) is 48.0 Å². The molecule has 0 unspecified atom stereocenters. The van der Waals surface area contributed by atoms with E-state index < -0.39 is 0 Å². The number of furan rings is 1. The Kier molecular flexibility index (Phi) is 3.45. The van der Waals surface area contributed by atoms with Crippen molar-refractivity contribution in [2.45, 2.75) is 24.1 Å². The van der Waals surface area contributed by atoms with Gasteiger partial charge in [-0.05, 0) is 30.2 Å². The summed E-state index contributed by atoms with van der Waals surface area (Å²) >= 11 is 1.69. The van der Waals surface area contributed by atoms with Crippen LogP contribution in [0.1, 0.15) is 18.2 Å². The molecular weight excluding hydrogens is 206 g/mol. The molecule has 0 atom stereocenters. The minimum Gasteiger partial charge on any atom is -0.468 e. The predicted molar refractivity (Wildman–Crippen MR) is 61.9 cm³/mol. The number of hydrogen-bond acceptors (Lipinski definition) is 3. The van der Waals surface area contributed by atoms with E-state index in [0.29, 0.717) is 0 Å². The van der Waals surface area contributed by atoms with Crippen molar-refractivity contribution in [2.75, 3.05) is 0 Å². The van der Waals surface area contributed by atoms with Crippen molar-refractivity contribution >= 4 is 11.8 Å². The Balaban J connectivity index is 1.93. The summed E-state index contributed by atoms with van der Waals surface area (Å²) in [6.07, 6.45) is 4.66. The highest BCUT2D eigenvalue weighted by Gasteiger charge is 2.01. The standard InChI is InChI=1S/C12H13NOS/c1-2-10-7-11(14-8-10)9-15-12-5-3-4-6-13-12/h3-8H,2,9H2,1H3. The zero-order valence-corrected chi connectivity index (χ0v) is 9.46. The summed E-state index contributed by atoms with van der Waals surface area (Å²) in [6, 6.07) is 8.03. The number of aryl methyl sites for hydroxylation is 1. The monoisotopic (exact) mass is 219 g/mol. The summed E-state index contributed by atoms with van der Waals surface area (Å²) < 4.78 is 5.43. The minimum atomic E-state index is 0.844. The first-order chi connectivity index (χ1) is 7.38. The van der Waals surface area contributed by atoms with E-state index in [1.54, 1.807) is 11.8 Å². The summed E-state index contributed by atoms with van der Waals surface area (Å²) in [5.74, 6) is 1.86. The average Bonchev–Trinajstić information content (AvgIpc) is 2.76. The van der Waals surface area contributed by atoms with Crippen LogP contribution in [0.25, 0.3) is 0 Å². The second kappa shape index (κ2) is 5.03. The van der Waals surface area contributed by atoms with Gasteiger partial charge in [0.05, 0.1) is 17.0 Å². The highest BCUT2D eigenvalue weighted by atomic mass is 32.2. The Morgan fingerprint density at radius 1 is 1.40 bits per heavy atom. The van der Waals surface area contributed by atoms with Gasteiger partial charge in [-0.1, -0.05) is 24.8 Å². The lowest BCUT2D eigenvalue weighted by Gasteiger charge is -1.96. The Morgan fingerprint density at radius 2 is 2.33 bits per heavy atom. The quantitative estimate of drug-likeness (QED) is 0.736. The molecule has 2 aromatic heterocycles. The molecule has 0 amide bonds. The molecule has 0 aromatic carbocycles. The molecule has 2 nitrogen and oxygen atoms in total. The molecule has 0 aliphatic carbocycles. The third-order valence-electron chi connectivity index (χ3n) is 2.12. The lowest BCUT2D eigenvalue weighted by atomic mass is 10.2. The summed E-state index contributed by atoms with van der Waals surface area (Å²) in [7, 11) is 0. The summed E-state index contributed by atoms with van der Waals surface area (Å²) in [5, 5.41) is 1.03. The zero-order valence-electron chi connectivity index (χ0n) is 8.64. The van der Waals surface area contributed by atoms with Crippen LogP contribution < -0.4 is 0 Å². The Bertz CT molecular complexity index is 411. The lowest BCUT2D eigenvalue weighted by molar-refractivity contribution is 0.528. The van der Waals surface area contributed by atoms with Crippen LogP contribution in [0.5, 0.6) is 0 Å². The molecule has 15 heavy (non-hydrogen) atoms. The SMILES string of the molecule is CCc1coc(CSc2ccccn2)c1. The van der Waals surface area contributed by atoms with E-state index >= 15 is 0 Å². The molecule has 2 rings (SSSR count). The van der Waals surface area contributed by atoms with Crippen LogP contribution in [0.15, 0.2) is 46.2 Å². The molecule has 0 aliphatic rings. The molecule has 0 spiro atoms. The number of rotatable bonds is 4. The maximum absolute atomic E-state index is 5.43. The maximum Gasteiger partial charge on any atom is 0.114 e. The van der Waals surface area contributed by atoms with Crippen LogP contribution >= 0.6 is 11.8 Å². The first kappa shape index (κ1) is 10.3. The van der Waals surface area contributed by atoms with Gasteiger partial charge < -0.3 is 4.42 Å². The molecule has 0 fully saturated rings. The Morgan fingerprint density at radius 3 is 3.00 bits per heavy atom. The maximum atomic E-state index is 5.43. The van der Waals surface area contributed by atoms with Gasteiger partial charge in [0.2, 0.25) is 0 Å². The van der Waals surface area contributed by atoms with Gasteiger partial charge in [-0.15, -0.1) is 0 Å². The number of thioether (sulfide) groups is 1. The van der Waals surface area contributed by atoms with E-state index in [1.807, 2.05) is 30.7 Å². The van der Waals surface area contributed by atoms with Crippen molar-refractivity contribution in [1.82, 2.24) is 4.98 Å². The molecule has 2 heterocycles. The fourth-order valence-corrected chi connectivity index (χ4v) is 2.02. The first-order valence-electron chi connectivity index (χ1n) is 4.98. The highest BCUT2D eigenvalue weighted by molar-refractivity contribution is 7.98. The van der Waals surface area contributed by atoms with Crippen molar-refractivity contribution in [3.63, 3.8) is 0 Å². The molecule has 0 bridgehead atoms. The van der Waals surface area contributed by atoms with Crippen molar-refractivity contribution in [2.24, 2.45) is 0 Å². The first-order valence-corrected chi connectivity index (χ1v) is 5.97. The van der Waals surface area contributed by atoms with Crippen LogP contribution in [0.4, 0.5) is 0 Å². The van der Waals surface area contributed by atoms with E-state index in [1.165, 1.54) is 5.56 Å². The summed E-state index contributed by atoms with van der Waals surface area (Å²) in [5.41, 5.74) is 1.26. The molecule has 0 N–H and O–H groups in total. The van der Waals surface area contributed by atoms with Crippen LogP contribution in [0.3, 0.4) is 0 Å². The van der Waals surface area contributed by atoms with Gasteiger partial charge >= 0.3 is 0 Å².